The van der Waals surface area contributed by atoms with Gasteiger partial charge in [-0.15, -0.1) is 0 Å². The summed E-state index contributed by atoms with van der Waals surface area (Å²) in [7, 11) is 0. The molecule has 1 aromatic carbocycles. The van der Waals surface area contributed by atoms with Crippen molar-refractivity contribution >= 4 is 53.8 Å². The Morgan fingerprint density at radius 1 is 0.759 bits per heavy atom. The third-order valence-corrected chi connectivity index (χ3v) is 4.41. The third kappa shape index (κ3) is 5.15. The zero-order chi connectivity index (χ0) is 23.2. The molecule has 0 radical (unpaired) electrons. The van der Waals surface area contributed by atoms with E-state index >= 15 is 0 Å². The van der Waals surface area contributed by atoms with Crippen LogP contribution in [0.25, 0.3) is 0 Å². The van der Waals surface area contributed by atoms with Crippen molar-refractivity contribution in [3.8, 4) is 5.75 Å². The summed E-state index contributed by atoms with van der Waals surface area (Å²) in [5, 5.41) is 0. The summed E-state index contributed by atoms with van der Waals surface area (Å²) < 4.78 is 146. The van der Waals surface area contributed by atoms with Crippen LogP contribution in [0.5, 0.6) is 5.75 Å². The second-order valence-corrected chi connectivity index (χ2v) is 7.50. The molecule has 0 bridgehead atoms. The number of carbonyl (C=O) groups excluding carboxylic acids is 1. The van der Waals surface area contributed by atoms with Gasteiger partial charge in [-0.1, -0.05) is 15.9 Å². The molecular weight excluding hydrogens is 641 g/mol. The summed E-state index contributed by atoms with van der Waals surface area (Å²) in [5.41, 5.74) is 0. The van der Waals surface area contributed by atoms with Crippen molar-refractivity contribution in [2.45, 2.75) is 30.2 Å². The molecule has 0 heterocycles. The molecule has 17 heteroatoms. The lowest BCUT2D eigenvalue weighted by atomic mass is 10.2. The van der Waals surface area contributed by atoms with Crippen LogP contribution in [0.15, 0.2) is 25.6 Å². The zero-order valence-electron chi connectivity index (χ0n) is 12.7. The minimum absolute atomic E-state index is 0.214. The number of halogens is 14. The Hall–Kier alpha value is -0.680. The molecule has 3 nitrogen and oxygen atoms in total. The van der Waals surface area contributed by atoms with E-state index in [1.54, 1.807) is 0 Å². The lowest BCUT2D eigenvalue weighted by molar-refractivity contribution is -0.474. The first-order valence-electron chi connectivity index (χ1n) is 6.32. The van der Waals surface area contributed by atoms with Crippen LogP contribution < -0.4 is 4.74 Å². The molecule has 0 aliphatic heterocycles. The Balaban J connectivity index is 3.41. The molecule has 0 aliphatic carbocycles. The number of carbonyl (C=O) groups is 1. The Morgan fingerprint density at radius 3 is 1.52 bits per heavy atom. The number of ether oxygens (including phenoxy) is 2. The quantitative estimate of drug-likeness (QED) is 0.199. The first kappa shape index (κ1) is 26.4. The van der Waals surface area contributed by atoms with Crippen LogP contribution in [-0.4, -0.2) is 36.2 Å². The number of hydrogen-bond donors (Lipinski definition) is 0. The van der Waals surface area contributed by atoms with E-state index in [-0.39, 0.29) is 13.4 Å². The minimum atomic E-state index is -7.29. The van der Waals surface area contributed by atoms with Crippen molar-refractivity contribution < 1.29 is 62.6 Å². The van der Waals surface area contributed by atoms with E-state index in [9.17, 15) is 53.1 Å². The van der Waals surface area contributed by atoms with E-state index in [0.717, 1.165) is 12.1 Å². The molecule has 1 atom stereocenters. The molecule has 0 aromatic heterocycles. The number of alkyl halides is 11. The van der Waals surface area contributed by atoms with E-state index in [2.05, 4.69) is 57.3 Å². The van der Waals surface area contributed by atoms with Crippen molar-refractivity contribution in [2.75, 3.05) is 0 Å². The van der Waals surface area contributed by atoms with Gasteiger partial charge in [-0.05, 0) is 44.0 Å². The lowest BCUT2D eigenvalue weighted by Gasteiger charge is -2.33. The molecule has 0 spiro atoms. The molecule has 0 amide bonds. The van der Waals surface area contributed by atoms with Crippen LogP contribution in [0.4, 0.5) is 48.3 Å². The highest BCUT2D eigenvalue weighted by Gasteiger charge is 2.80. The van der Waals surface area contributed by atoms with E-state index in [4.69, 9.17) is 0 Å². The molecule has 0 fully saturated rings. The van der Waals surface area contributed by atoms with E-state index < -0.39 is 42.0 Å². The second-order valence-electron chi connectivity index (χ2n) is 4.87. The molecular formula is C12H2Br3F11O3. The van der Waals surface area contributed by atoms with Gasteiger partial charge < -0.3 is 4.74 Å². The van der Waals surface area contributed by atoms with Crippen LogP contribution in [0.2, 0.25) is 0 Å². The average molecular weight is 643 g/mol. The van der Waals surface area contributed by atoms with Crippen LogP contribution >= 0.6 is 47.8 Å². The summed E-state index contributed by atoms with van der Waals surface area (Å²) in [4.78, 5) is 11.6. The number of benzene rings is 1. The number of esters is 1. The fourth-order valence-electron chi connectivity index (χ4n) is 1.41. The first-order chi connectivity index (χ1) is 12.7. The summed E-state index contributed by atoms with van der Waals surface area (Å²) in [6, 6.07) is 2.04. The van der Waals surface area contributed by atoms with Crippen molar-refractivity contribution in [2.24, 2.45) is 0 Å². The topological polar surface area (TPSA) is 35.5 Å². The average Bonchev–Trinajstić information content (AvgIpc) is 2.47. The maximum absolute atomic E-state index is 14.1. The standard InChI is InChI=1S/C12H2Br3F11O3/c13-3-1-4(14)6(5(15)2-3)28-7(27)8(16,10(19,20)21)29-12(25,26)9(17,18)11(22,23)24/h1-2H/t8-/m0/s1. The largest absolute Gasteiger partial charge is 0.462 e. The molecule has 29 heavy (non-hydrogen) atoms. The smallest absolute Gasteiger partial charge is 0.420 e. The summed E-state index contributed by atoms with van der Waals surface area (Å²) in [5.74, 6) is -18.1. The molecule has 0 saturated heterocycles. The van der Waals surface area contributed by atoms with Gasteiger partial charge in [0, 0.05) is 4.47 Å². The number of rotatable bonds is 5. The monoisotopic (exact) mass is 640 g/mol. The van der Waals surface area contributed by atoms with Gasteiger partial charge in [0.1, 0.15) is 0 Å². The fourth-order valence-corrected chi connectivity index (χ4v) is 3.83. The highest BCUT2D eigenvalue weighted by atomic mass is 79.9. The fraction of sp³-hybridized carbons (Fsp3) is 0.417. The Kier molecular flexibility index (Phi) is 7.37. The van der Waals surface area contributed by atoms with Crippen molar-refractivity contribution in [3.63, 3.8) is 0 Å². The Bertz CT molecular complexity index is 771. The van der Waals surface area contributed by atoms with E-state index in [1.165, 1.54) is 0 Å². The van der Waals surface area contributed by atoms with Gasteiger partial charge in [0.15, 0.2) is 5.75 Å². The molecule has 0 N–H and O–H groups in total. The van der Waals surface area contributed by atoms with Gasteiger partial charge in [-0.25, -0.2) is 4.79 Å². The highest BCUT2D eigenvalue weighted by molar-refractivity contribution is 9.11. The van der Waals surface area contributed by atoms with Gasteiger partial charge in [-0.2, -0.15) is 48.3 Å². The van der Waals surface area contributed by atoms with Crippen molar-refractivity contribution in [1.82, 2.24) is 0 Å². The van der Waals surface area contributed by atoms with Crippen LogP contribution in [0, 0.1) is 0 Å². The summed E-state index contributed by atoms with van der Waals surface area (Å²) in [6.45, 7) is 0. The molecule has 0 aliphatic rings. The molecule has 166 valence electrons. The third-order valence-electron chi connectivity index (χ3n) is 2.78. The summed E-state index contributed by atoms with van der Waals surface area (Å²) >= 11 is 8.22. The SMILES string of the molecule is O=C(Oc1c(Br)cc(Br)cc1Br)[C@](F)(OC(F)(F)C(F)(F)C(F)(F)F)C(F)(F)F. The molecule has 0 saturated carbocycles. The zero-order valence-corrected chi connectivity index (χ0v) is 17.4. The molecule has 0 unspecified atom stereocenters. The first-order valence-corrected chi connectivity index (χ1v) is 8.70. The molecule has 1 aromatic rings. The number of hydrogen-bond acceptors (Lipinski definition) is 3. The van der Waals surface area contributed by atoms with Crippen LogP contribution in [0.1, 0.15) is 0 Å². The van der Waals surface area contributed by atoms with Gasteiger partial charge in [0.25, 0.3) is 0 Å². The summed E-state index contributed by atoms with van der Waals surface area (Å²) in [6.07, 6.45) is -21.1. The molecule has 1 rings (SSSR count). The predicted octanol–water partition coefficient (Wildman–Crippen LogP) is 6.91. The normalized spacial score (nSPS) is 15.8. The lowest BCUT2D eigenvalue weighted by Crippen LogP contribution is -2.62. The second kappa shape index (κ2) is 8.11. The van der Waals surface area contributed by atoms with Crippen molar-refractivity contribution in [3.05, 3.63) is 25.6 Å². The van der Waals surface area contributed by atoms with Crippen molar-refractivity contribution in [1.29, 1.82) is 0 Å². The minimum Gasteiger partial charge on any atom is -0.420 e. The van der Waals surface area contributed by atoms with Crippen LogP contribution in [-0.2, 0) is 9.53 Å². The van der Waals surface area contributed by atoms with Crippen LogP contribution in [0.3, 0.4) is 0 Å². The van der Waals surface area contributed by atoms with Gasteiger partial charge in [-0.3, -0.25) is 4.74 Å². The van der Waals surface area contributed by atoms with E-state index in [0.29, 0.717) is 0 Å². The Morgan fingerprint density at radius 2 is 1.17 bits per heavy atom. The maximum atomic E-state index is 14.1. The Labute approximate surface area is 177 Å². The maximum Gasteiger partial charge on any atom is 0.462 e. The highest BCUT2D eigenvalue weighted by Crippen LogP contribution is 2.51. The van der Waals surface area contributed by atoms with Gasteiger partial charge in [0.2, 0.25) is 0 Å². The van der Waals surface area contributed by atoms with E-state index in [1.807, 2.05) is 0 Å². The predicted molar refractivity (Wildman–Crippen MR) is 82.1 cm³/mol. The van der Waals surface area contributed by atoms with Gasteiger partial charge >= 0.3 is 36.2 Å². The van der Waals surface area contributed by atoms with Gasteiger partial charge in [0.05, 0.1) is 8.95 Å².